The van der Waals surface area contributed by atoms with Gasteiger partial charge in [-0.3, -0.25) is 9.48 Å². The average molecular weight is 431 g/mol. The van der Waals surface area contributed by atoms with Crippen LogP contribution in [0.4, 0.5) is 5.69 Å². The lowest BCUT2D eigenvalue weighted by molar-refractivity contribution is 0.0425. The Morgan fingerprint density at radius 1 is 1.09 bits per heavy atom. The zero-order chi connectivity index (χ0) is 22.2. The van der Waals surface area contributed by atoms with Crippen molar-refractivity contribution in [2.24, 2.45) is 0 Å². The highest BCUT2D eigenvalue weighted by Gasteiger charge is 2.37. The van der Waals surface area contributed by atoms with Gasteiger partial charge in [-0.25, -0.2) is 0 Å². The molecule has 1 aromatic heterocycles. The number of hydrogen-bond donors (Lipinski definition) is 1. The zero-order valence-electron chi connectivity index (χ0n) is 19.0. The molecule has 1 amide bonds. The van der Waals surface area contributed by atoms with Crippen LogP contribution in [0, 0.1) is 20.8 Å². The van der Waals surface area contributed by atoms with Gasteiger partial charge in [0.2, 0.25) is 0 Å². The lowest BCUT2D eigenvalue weighted by Crippen LogP contribution is -2.46. The molecular formula is C26H30N4O2. The fraction of sp³-hybridized carbons (Fsp3) is 0.385. The molecule has 1 saturated heterocycles. The van der Waals surface area contributed by atoms with Crippen LogP contribution in [0.15, 0.2) is 48.5 Å². The fourth-order valence-electron chi connectivity index (χ4n) is 4.84. The normalized spacial score (nSPS) is 20.3. The molecule has 1 fully saturated rings. The van der Waals surface area contributed by atoms with Crippen LogP contribution in [-0.2, 0) is 11.3 Å². The van der Waals surface area contributed by atoms with Crippen molar-refractivity contribution in [2.45, 2.75) is 52.4 Å². The molecule has 3 heterocycles. The van der Waals surface area contributed by atoms with Gasteiger partial charge in [-0.05, 0) is 51.3 Å². The van der Waals surface area contributed by atoms with Gasteiger partial charge in [0, 0.05) is 30.1 Å². The Labute approximate surface area is 189 Å². The number of ether oxygens (including phenoxy) is 1. The summed E-state index contributed by atoms with van der Waals surface area (Å²) in [7, 11) is 0. The summed E-state index contributed by atoms with van der Waals surface area (Å²) in [5.74, 6) is 0.0462. The monoisotopic (exact) mass is 430 g/mol. The van der Waals surface area contributed by atoms with Crippen LogP contribution < -0.4 is 5.32 Å². The third kappa shape index (κ3) is 3.79. The minimum absolute atomic E-state index is 0.0462. The van der Waals surface area contributed by atoms with E-state index in [4.69, 9.17) is 9.84 Å². The number of hydrogen-bond acceptors (Lipinski definition) is 4. The van der Waals surface area contributed by atoms with Crippen molar-refractivity contribution in [3.05, 3.63) is 82.2 Å². The van der Waals surface area contributed by atoms with Crippen molar-refractivity contribution < 1.29 is 9.53 Å². The largest absolute Gasteiger partial charge is 0.376 e. The molecule has 0 spiro atoms. The summed E-state index contributed by atoms with van der Waals surface area (Å²) >= 11 is 0. The van der Waals surface area contributed by atoms with Crippen molar-refractivity contribution in [2.75, 3.05) is 18.5 Å². The van der Waals surface area contributed by atoms with Crippen molar-refractivity contribution in [3.8, 4) is 0 Å². The Hall–Kier alpha value is -3.12. The number of benzene rings is 2. The number of fused-ring (bicyclic) bond motifs is 1. The highest BCUT2D eigenvalue weighted by atomic mass is 16.5. The van der Waals surface area contributed by atoms with Crippen LogP contribution in [0.2, 0.25) is 0 Å². The van der Waals surface area contributed by atoms with E-state index in [1.165, 1.54) is 11.1 Å². The first kappa shape index (κ1) is 20.8. The van der Waals surface area contributed by atoms with E-state index in [0.29, 0.717) is 18.7 Å². The molecule has 0 bridgehead atoms. The maximum absolute atomic E-state index is 13.5. The first-order valence-corrected chi connectivity index (χ1v) is 11.4. The third-order valence-electron chi connectivity index (χ3n) is 6.61. The summed E-state index contributed by atoms with van der Waals surface area (Å²) in [5, 5.41) is 8.49. The first-order valence-electron chi connectivity index (χ1n) is 11.4. The van der Waals surface area contributed by atoms with Gasteiger partial charge >= 0.3 is 0 Å². The van der Waals surface area contributed by atoms with Crippen molar-refractivity contribution >= 4 is 11.6 Å². The minimum atomic E-state index is -0.270. The van der Waals surface area contributed by atoms with Gasteiger partial charge in [-0.2, -0.15) is 5.10 Å². The second-order valence-electron chi connectivity index (χ2n) is 8.91. The molecule has 2 aliphatic heterocycles. The Morgan fingerprint density at radius 3 is 2.62 bits per heavy atom. The van der Waals surface area contributed by atoms with E-state index < -0.39 is 0 Å². The van der Waals surface area contributed by atoms with E-state index in [2.05, 4.69) is 43.4 Å². The lowest BCUT2D eigenvalue weighted by atomic mass is 10.0. The molecule has 2 aliphatic rings. The zero-order valence-corrected chi connectivity index (χ0v) is 19.0. The first-order chi connectivity index (χ1) is 15.5. The highest BCUT2D eigenvalue weighted by molar-refractivity contribution is 6.01. The van der Waals surface area contributed by atoms with Crippen LogP contribution in [0.25, 0.3) is 0 Å². The number of para-hydroxylation sites is 1. The number of amides is 1. The summed E-state index contributed by atoms with van der Waals surface area (Å²) in [5.41, 5.74) is 7.12. The smallest absolute Gasteiger partial charge is 0.257 e. The quantitative estimate of drug-likeness (QED) is 0.643. The average Bonchev–Trinajstić information content (AvgIpc) is 3.40. The molecule has 0 aliphatic carbocycles. The van der Waals surface area contributed by atoms with Crippen molar-refractivity contribution in [3.63, 3.8) is 0 Å². The number of aryl methyl sites for hydroxylation is 2. The van der Waals surface area contributed by atoms with Crippen LogP contribution in [-0.4, -0.2) is 39.8 Å². The number of rotatable bonds is 5. The van der Waals surface area contributed by atoms with Gasteiger partial charge in [-0.15, -0.1) is 0 Å². The van der Waals surface area contributed by atoms with Crippen molar-refractivity contribution in [1.82, 2.24) is 14.7 Å². The van der Waals surface area contributed by atoms with Gasteiger partial charge in [0.15, 0.2) is 0 Å². The highest BCUT2D eigenvalue weighted by Crippen LogP contribution is 2.36. The summed E-state index contributed by atoms with van der Waals surface area (Å²) in [4.78, 5) is 15.5. The summed E-state index contributed by atoms with van der Waals surface area (Å²) < 4.78 is 7.94. The van der Waals surface area contributed by atoms with Gasteiger partial charge in [0.1, 0.15) is 6.17 Å². The molecule has 2 atom stereocenters. The van der Waals surface area contributed by atoms with Gasteiger partial charge < -0.3 is 15.0 Å². The topological polar surface area (TPSA) is 59.4 Å². The number of carbonyl (C=O) groups excluding carboxylic acids is 1. The standard InChI is InChI=1S/C26H30N4O2/c1-17-10-12-20(13-11-17)15-30-19(3)24(18(2)28-30)25-27-23-9-5-4-8-22(23)26(31)29(25)16-21-7-6-14-32-21/h4-5,8-13,21,25,27H,6-7,14-16H2,1-3H3. The second kappa shape index (κ2) is 8.43. The van der Waals surface area contributed by atoms with Crippen LogP contribution >= 0.6 is 0 Å². The summed E-state index contributed by atoms with van der Waals surface area (Å²) in [6.45, 7) is 8.28. The number of anilines is 1. The van der Waals surface area contributed by atoms with Crippen molar-refractivity contribution in [1.29, 1.82) is 0 Å². The van der Waals surface area contributed by atoms with Gasteiger partial charge in [-0.1, -0.05) is 42.0 Å². The molecule has 0 saturated carbocycles. The molecule has 0 radical (unpaired) electrons. The fourth-order valence-corrected chi connectivity index (χ4v) is 4.84. The maximum Gasteiger partial charge on any atom is 0.257 e. The molecule has 1 N–H and O–H groups in total. The number of nitrogens with zero attached hydrogens (tertiary/aromatic N) is 3. The number of nitrogens with one attached hydrogen (secondary N) is 1. The molecule has 2 unspecified atom stereocenters. The molecule has 6 nitrogen and oxygen atoms in total. The molecular weight excluding hydrogens is 400 g/mol. The van der Waals surface area contributed by atoms with E-state index >= 15 is 0 Å². The number of carbonyl (C=O) groups is 1. The molecule has 32 heavy (non-hydrogen) atoms. The van der Waals surface area contributed by atoms with E-state index in [1.807, 2.05) is 40.8 Å². The van der Waals surface area contributed by atoms with E-state index in [1.54, 1.807) is 0 Å². The summed E-state index contributed by atoms with van der Waals surface area (Å²) in [6, 6.07) is 16.3. The Kier molecular flexibility index (Phi) is 5.47. The van der Waals surface area contributed by atoms with E-state index in [-0.39, 0.29) is 18.2 Å². The SMILES string of the molecule is Cc1ccc(Cn2nc(C)c(C3Nc4ccccc4C(=O)N3CC3CCCO3)c2C)cc1. The van der Waals surface area contributed by atoms with E-state index in [0.717, 1.165) is 42.1 Å². The predicted octanol–water partition coefficient (Wildman–Crippen LogP) is 4.60. The summed E-state index contributed by atoms with van der Waals surface area (Å²) in [6.07, 6.45) is 1.85. The van der Waals surface area contributed by atoms with Gasteiger partial charge in [0.25, 0.3) is 5.91 Å². The minimum Gasteiger partial charge on any atom is -0.376 e. The molecule has 166 valence electrons. The van der Waals surface area contributed by atoms with Crippen LogP contribution in [0.1, 0.15) is 57.4 Å². The molecule has 5 rings (SSSR count). The Balaban J connectivity index is 1.51. The van der Waals surface area contributed by atoms with Crippen LogP contribution in [0.5, 0.6) is 0 Å². The second-order valence-corrected chi connectivity index (χ2v) is 8.91. The Morgan fingerprint density at radius 2 is 1.88 bits per heavy atom. The lowest BCUT2D eigenvalue weighted by Gasteiger charge is -2.39. The van der Waals surface area contributed by atoms with Crippen LogP contribution in [0.3, 0.4) is 0 Å². The van der Waals surface area contributed by atoms with Gasteiger partial charge in [0.05, 0.1) is 23.9 Å². The Bertz CT molecular complexity index is 1130. The predicted molar refractivity (Wildman–Crippen MR) is 125 cm³/mol. The maximum atomic E-state index is 13.5. The molecule has 6 heteroatoms. The number of aromatic nitrogens is 2. The third-order valence-corrected chi connectivity index (χ3v) is 6.61. The molecule has 3 aromatic rings. The molecule has 2 aromatic carbocycles. The van der Waals surface area contributed by atoms with E-state index in [9.17, 15) is 4.79 Å².